The predicted molar refractivity (Wildman–Crippen MR) is 69.6 cm³/mol. The quantitative estimate of drug-likeness (QED) is 0.662. The van der Waals surface area contributed by atoms with E-state index in [4.69, 9.17) is 0 Å². The van der Waals surface area contributed by atoms with Gasteiger partial charge < -0.3 is 10.6 Å². The second kappa shape index (κ2) is 10.1. The van der Waals surface area contributed by atoms with Crippen LogP contribution >= 0.6 is 23.5 Å². The van der Waals surface area contributed by atoms with Crippen molar-refractivity contribution in [3.63, 3.8) is 0 Å². The maximum absolute atomic E-state index is 3.46. The van der Waals surface area contributed by atoms with Crippen LogP contribution in [0.1, 0.15) is 12.8 Å². The summed E-state index contributed by atoms with van der Waals surface area (Å²) in [5, 5.41) is 6.91. The Morgan fingerprint density at radius 3 is 2.07 bits per heavy atom. The molecule has 0 aliphatic carbocycles. The van der Waals surface area contributed by atoms with Crippen molar-refractivity contribution < 1.29 is 0 Å². The maximum atomic E-state index is 3.46. The molecule has 0 saturated carbocycles. The molecule has 0 aromatic carbocycles. The normalized spacial score (nSPS) is 24.0. The molecule has 4 heteroatoms. The molecule has 0 aromatic rings. The van der Waals surface area contributed by atoms with Crippen LogP contribution in [0, 0.1) is 0 Å². The number of rotatable bonds is 0. The summed E-state index contributed by atoms with van der Waals surface area (Å²) in [7, 11) is 0. The molecule has 0 atom stereocenters. The molecule has 0 amide bonds. The molecule has 1 saturated heterocycles. The van der Waals surface area contributed by atoms with E-state index in [-0.39, 0.29) is 0 Å². The summed E-state index contributed by atoms with van der Waals surface area (Å²) in [5.41, 5.74) is 0. The van der Waals surface area contributed by atoms with Gasteiger partial charge in [0.25, 0.3) is 0 Å². The second-order valence-corrected chi connectivity index (χ2v) is 5.88. The van der Waals surface area contributed by atoms with E-state index < -0.39 is 0 Å². The summed E-state index contributed by atoms with van der Waals surface area (Å²) in [4.78, 5) is 0. The molecular weight excluding hydrogens is 212 g/mol. The van der Waals surface area contributed by atoms with Gasteiger partial charge in [0.2, 0.25) is 0 Å². The Kier molecular flexibility index (Phi) is 9.20. The molecule has 2 N–H and O–H groups in total. The second-order valence-electron chi connectivity index (χ2n) is 3.43. The number of thioether (sulfide) groups is 2. The summed E-state index contributed by atoms with van der Waals surface area (Å²) in [5.74, 6) is 5.28. The summed E-state index contributed by atoms with van der Waals surface area (Å²) in [6.45, 7) is 4.59. The van der Waals surface area contributed by atoms with Gasteiger partial charge in [-0.1, -0.05) is 0 Å². The summed E-state index contributed by atoms with van der Waals surface area (Å²) < 4.78 is 0. The first-order valence-electron chi connectivity index (χ1n) is 5.57. The number of hydrogen-bond donors (Lipinski definition) is 2. The highest BCUT2D eigenvalue weighted by Crippen LogP contribution is 2.08. The van der Waals surface area contributed by atoms with Crippen molar-refractivity contribution in [1.82, 2.24) is 10.6 Å². The van der Waals surface area contributed by atoms with Gasteiger partial charge in [-0.15, -0.1) is 0 Å². The van der Waals surface area contributed by atoms with Crippen LogP contribution in [0.5, 0.6) is 0 Å². The van der Waals surface area contributed by atoms with Crippen molar-refractivity contribution in [1.29, 1.82) is 0 Å². The minimum atomic E-state index is 1.12. The van der Waals surface area contributed by atoms with Crippen LogP contribution in [-0.4, -0.2) is 49.2 Å². The lowest BCUT2D eigenvalue weighted by molar-refractivity contribution is 0.622. The van der Waals surface area contributed by atoms with Crippen molar-refractivity contribution in [2.45, 2.75) is 12.8 Å². The number of hydrogen-bond acceptors (Lipinski definition) is 4. The van der Waals surface area contributed by atoms with Gasteiger partial charge in [0, 0.05) is 25.4 Å². The molecular formula is C10H22N2S2. The molecule has 1 heterocycles. The smallest absolute Gasteiger partial charge is 0.00770 e. The largest absolute Gasteiger partial charge is 0.315 e. The molecule has 1 fully saturated rings. The van der Waals surface area contributed by atoms with E-state index in [0.717, 1.165) is 13.1 Å². The Morgan fingerprint density at radius 2 is 1.21 bits per heavy atom. The minimum Gasteiger partial charge on any atom is -0.315 e. The molecule has 1 aliphatic rings. The predicted octanol–water partition coefficient (Wildman–Crippen LogP) is 1.43. The first kappa shape index (κ1) is 12.7. The molecule has 84 valence electrons. The van der Waals surface area contributed by atoms with Gasteiger partial charge in [-0.05, 0) is 36.6 Å². The fraction of sp³-hybridized carbons (Fsp3) is 1.00. The van der Waals surface area contributed by atoms with Gasteiger partial charge in [0.1, 0.15) is 0 Å². The summed E-state index contributed by atoms with van der Waals surface area (Å²) in [6, 6.07) is 0. The highest BCUT2D eigenvalue weighted by atomic mass is 32.2. The van der Waals surface area contributed by atoms with E-state index in [9.17, 15) is 0 Å². The fourth-order valence-electron chi connectivity index (χ4n) is 1.34. The standard InChI is InChI=1S/C10H22N2S2/c1-3-11-4-5-12-6-10-14-9-2-8-13-7-1/h11-12H,1-10H2. The molecule has 0 spiro atoms. The Labute approximate surface area is 96.4 Å². The Balaban J connectivity index is 2.00. The van der Waals surface area contributed by atoms with E-state index in [1.165, 1.54) is 48.9 Å². The van der Waals surface area contributed by atoms with Crippen molar-refractivity contribution in [2.24, 2.45) is 0 Å². The minimum absolute atomic E-state index is 1.12. The van der Waals surface area contributed by atoms with Crippen molar-refractivity contribution in [3.05, 3.63) is 0 Å². The van der Waals surface area contributed by atoms with Crippen LogP contribution < -0.4 is 10.6 Å². The average molecular weight is 234 g/mol. The van der Waals surface area contributed by atoms with Gasteiger partial charge >= 0.3 is 0 Å². The van der Waals surface area contributed by atoms with Crippen molar-refractivity contribution >= 4 is 23.5 Å². The summed E-state index contributed by atoms with van der Waals surface area (Å²) >= 11 is 4.19. The summed E-state index contributed by atoms with van der Waals surface area (Å²) in [6.07, 6.45) is 2.70. The first-order chi connectivity index (χ1) is 7.00. The topological polar surface area (TPSA) is 24.1 Å². The number of nitrogens with one attached hydrogen (secondary N) is 2. The molecule has 0 radical (unpaired) electrons. The molecule has 1 aliphatic heterocycles. The van der Waals surface area contributed by atoms with Crippen LogP contribution in [0.15, 0.2) is 0 Å². The van der Waals surface area contributed by atoms with E-state index in [1.807, 2.05) is 0 Å². The van der Waals surface area contributed by atoms with Gasteiger partial charge in [0.15, 0.2) is 0 Å². The third kappa shape index (κ3) is 7.97. The lowest BCUT2D eigenvalue weighted by Gasteiger charge is -2.08. The maximum Gasteiger partial charge on any atom is 0.00770 e. The Bertz CT molecular complexity index is 69.4. The lowest BCUT2D eigenvalue weighted by Crippen LogP contribution is -2.29. The molecule has 0 aromatic heterocycles. The van der Waals surface area contributed by atoms with E-state index in [2.05, 4.69) is 34.2 Å². The van der Waals surface area contributed by atoms with Gasteiger partial charge in [-0.3, -0.25) is 0 Å². The van der Waals surface area contributed by atoms with E-state index >= 15 is 0 Å². The van der Waals surface area contributed by atoms with E-state index in [0.29, 0.717) is 0 Å². The highest BCUT2D eigenvalue weighted by Gasteiger charge is 1.94. The van der Waals surface area contributed by atoms with E-state index in [1.54, 1.807) is 0 Å². The van der Waals surface area contributed by atoms with Crippen LogP contribution in [0.4, 0.5) is 0 Å². The molecule has 2 nitrogen and oxygen atoms in total. The van der Waals surface area contributed by atoms with Crippen LogP contribution in [0.25, 0.3) is 0 Å². The van der Waals surface area contributed by atoms with Crippen LogP contribution in [-0.2, 0) is 0 Å². The Hall–Kier alpha value is 0.620. The lowest BCUT2D eigenvalue weighted by atomic mass is 10.4. The molecule has 14 heavy (non-hydrogen) atoms. The van der Waals surface area contributed by atoms with Crippen LogP contribution in [0.2, 0.25) is 0 Å². The highest BCUT2D eigenvalue weighted by molar-refractivity contribution is 8.00. The van der Waals surface area contributed by atoms with Crippen molar-refractivity contribution in [2.75, 3.05) is 49.2 Å². The Morgan fingerprint density at radius 1 is 0.571 bits per heavy atom. The van der Waals surface area contributed by atoms with Gasteiger partial charge in [-0.25, -0.2) is 0 Å². The van der Waals surface area contributed by atoms with Gasteiger partial charge in [0.05, 0.1) is 0 Å². The zero-order valence-electron chi connectivity index (χ0n) is 8.89. The first-order valence-corrected chi connectivity index (χ1v) is 7.88. The van der Waals surface area contributed by atoms with Crippen LogP contribution in [0.3, 0.4) is 0 Å². The zero-order chi connectivity index (χ0) is 9.90. The van der Waals surface area contributed by atoms with Crippen molar-refractivity contribution in [3.8, 4) is 0 Å². The molecule has 0 unspecified atom stereocenters. The van der Waals surface area contributed by atoms with Gasteiger partial charge in [-0.2, -0.15) is 23.5 Å². The zero-order valence-corrected chi connectivity index (χ0v) is 10.5. The average Bonchev–Trinajstić information content (AvgIpc) is 2.22. The molecule has 0 bridgehead atoms. The monoisotopic (exact) mass is 234 g/mol. The SMILES string of the molecule is C1CNCCNCCSCCCSC1. The fourth-order valence-corrected chi connectivity index (χ4v) is 3.26. The molecule has 1 rings (SSSR count). The third-order valence-electron chi connectivity index (χ3n) is 2.12. The third-order valence-corrected chi connectivity index (χ3v) is 4.35.